The van der Waals surface area contributed by atoms with Crippen LogP contribution in [0.1, 0.15) is 19.3 Å². The van der Waals surface area contributed by atoms with Crippen LogP contribution in [0, 0.1) is 11.8 Å². The molecular weight excluding hydrogens is 142 g/mol. The molecule has 1 amide bonds. The van der Waals surface area contributed by atoms with Gasteiger partial charge in [0, 0.05) is 24.8 Å². The van der Waals surface area contributed by atoms with Crippen LogP contribution in [0.15, 0.2) is 0 Å². The van der Waals surface area contributed by atoms with Crippen LogP contribution in [0.4, 0.5) is 0 Å². The number of rotatable bonds is 0. The van der Waals surface area contributed by atoms with E-state index in [1.165, 1.54) is 0 Å². The maximum atomic E-state index is 11.2. The minimum atomic E-state index is 0.0185. The molecule has 0 unspecified atom stereocenters. The lowest BCUT2D eigenvalue weighted by atomic mass is 9.71. The van der Waals surface area contributed by atoms with E-state index in [0.717, 1.165) is 12.8 Å². The van der Waals surface area contributed by atoms with Crippen molar-refractivity contribution in [3.05, 3.63) is 0 Å². The van der Waals surface area contributed by atoms with Crippen molar-refractivity contribution in [3.63, 3.8) is 0 Å². The van der Waals surface area contributed by atoms with Crippen molar-refractivity contribution in [2.75, 3.05) is 6.54 Å². The molecule has 3 nitrogen and oxygen atoms in total. The molecule has 11 heavy (non-hydrogen) atoms. The fourth-order valence-electron chi connectivity index (χ4n) is 1.82. The van der Waals surface area contributed by atoms with Crippen molar-refractivity contribution in [1.82, 2.24) is 5.32 Å². The molecule has 2 atom stereocenters. The van der Waals surface area contributed by atoms with E-state index in [-0.39, 0.29) is 23.5 Å². The molecule has 0 aromatic rings. The standard InChI is InChI=1S/C8H11NO2/c10-7-3-4-9-8(11)6-2-1-5(6)7/h5-6H,1-4H2,(H,9,11)/t5-,6+/m0/s1. The number of fused-ring (bicyclic) bond motifs is 1. The molecule has 0 aromatic heterocycles. The van der Waals surface area contributed by atoms with Gasteiger partial charge in [0.1, 0.15) is 5.78 Å². The molecule has 60 valence electrons. The molecule has 2 fully saturated rings. The number of hydrogen-bond donors (Lipinski definition) is 1. The Kier molecular flexibility index (Phi) is 1.44. The molecule has 1 N–H and O–H groups in total. The Morgan fingerprint density at radius 2 is 1.91 bits per heavy atom. The largest absolute Gasteiger partial charge is 0.355 e. The molecule has 0 aromatic carbocycles. The van der Waals surface area contributed by atoms with Gasteiger partial charge in [0.25, 0.3) is 0 Å². The highest BCUT2D eigenvalue weighted by atomic mass is 16.2. The van der Waals surface area contributed by atoms with Crippen molar-refractivity contribution < 1.29 is 9.59 Å². The van der Waals surface area contributed by atoms with Crippen molar-refractivity contribution in [2.24, 2.45) is 11.8 Å². The molecule has 1 saturated heterocycles. The van der Waals surface area contributed by atoms with Crippen molar-refractivity contribution in [2.45, 2.75) is 19.3 Å². The highest BCUT2D eigenvalue weighted by Gasteiger charge is 2.42. The lowest BCUT2D eigenvalue weighted by Crippen LogP contribution is -2.40. The first kappa shape index (κ1) is 6.83. The summed E-state index contributed by atoms with van der Waals surface area (Å²) in [6, 6.07) is 0. The van der Waals surface area contributed by atoms with Gasteiger partial charge >= 0.3 is 0 Å². The second-order valence-electron chi connectivity index (χ2n) is 3.30. The van der Waals surface area contributed by atoms with Crippen molar-refractivity contribution in [1.29, 1.82) is 0 Å². The van der Waals surface area contributed by atoms with Gasteiger partial charge in [-0.25, -0.2) is 0 Å². The Morgan fingerprint density at radius 3 is 2.55 bits per heavy atom. The van der Waals surface area contributed by atoms with Gasteiger partial charge in [-0.1, -0.05) is 0 Å². The summed E-state index contributed by atoms with van der Waals surface area (Å²) >= 11 is 0. The first-order valence-electron chi connectivity index (χ1n) is 4.09. The molecular formula is C8H11NO2. The summed E-state index contributed by atoms with van der Waals surface area (Å²) in [5, 5.41) is 2.75. The molecule has 0 radical (unpaired) electrons. The quantitative estimate of drug-likeness (QED) is 0.536. The number of carbonyl (C=O) groups excluding carboxylic acids is 2. The highest BCUT2D eigenvalue weighted by Crippen LogP contribution is 2.36. The zero-order chi connectivity index (χ0) is 7.84. The molecule has 1 saturated carbocycles. The van der Waals surface area contributed by atoms with E-state index < -0.39 is 0 Å². The third kappa shape index (κ3) is 0.951. The van der Waals surface area contributed by atoms with E-state index in [1.807, 2.05) is 0 Å². The fourth-order valence-corrected chi connectivity index (χ4v) is 1.82. The maximum absolute atomic E-state index is 11.2. The van der Waals surface area contributed by atoms with E-state index in [4.69, 9.17) is 0 Å². The van der Waals surface area contributed by atoms with Crippen LogP contribution in [0.25, 0.3) is 0 Å². The Labute approximate surface area is 65.2 Å². The second-order valence-corrected chi connectivity index (χ2v) is 3.30. The zero-order valence-electron chi connectivity index (χ0n) is 6.30. The molecule has 1 aliphatic heterocycles. The van der Waals surface area contributed by atoms with E-state index in [2.05, 4.69) is 5.32 Å². The molecule has 1 heterocycles. The normalized spacial score (nSPS) is 36.7. The van der Waals surface area contributed by atoms with Gasteiger partial charge in [-0.05, 0) is 12.8 Å². The van der Waals surface area contributed by atoms with Crippen molar-refractivity contribution >= 4 is 11.7 Å². The van der Waals surface area contributed by atoms with Crippen LogP contribution < -0.4 is 5.32 Å². The summed E-state index contributed by atoms with van der Waals surface area (Å²) in [5.41, 5.74) is 0. The molecule has 3 heteroatoms. The minimum Gasteiger partial charge on any atom is -0.355 e. The first-order valence-corrected chi connectivity index (χ1v) is 4.09. The number of carbonyl (C=O) groups is 2. The summed E-state index contributed by atoms with van der Waals surface area (Å²) in [6.07, 6.45) is 2.37. The summed E-state index contributed by atoms with van der Waals surface area (Å²) in [4.78, 5) is 22.4. The Bertz CT molecular complexity index is 190. The number of amides is 1. The molecule has 2 aliphatic rings. The van der Waals surface area contributed by atoms with E-state index in [9.17, 15) is 9.59 Å². The average molecular weight is 153 g/mol. The molecule has 1 aliphatic carbocycles. The van der Waals surface area contributed by atoms with E-state index in [1.54, 1.807) is 0 Å². The maximum Gasteiger partial charge on any atom is 0.223 e. The average Bonchev–Trinajstić information content (AvgIpc) is 1.90. The summed E-state index contributed by atoms with van der Waals surface area (Å²) < 4.78 is 0. The predicted octanol–water partition coefficient (Wildman–Crippen LogP) is 0.102. The van der Waals surface area contributed by atoms with Crippen LogP contribution in [-0.4, -0.2) is 18.2 Å². The SMILES string of the molecule is O=C1CCNC(=O)[C@@H]2CC[C@H]12. The lowest BCUT2D eigenvalue weighted by molar-refractivity contribution is -0.136. The van der Waals surface area contributed by atoms with Crippen LogP contribution >= 0.6 is 0 Å². The zero-order valence-corrected chi connectivity index (χ0v) is 6.30. The smallest absolute Gasteiger partial charge is 0.223 e. The molecule has 0 spiro atoms. The fraction of sp³-hybridized carbons (Fsp3) is 0.750. The first-order chi connectivity index (χ1) is 5.29. The number of nitrogens with one attached hydrogen (secondary N) is 1. The Balaban J connectivity index is 2.15. The van der Waals surface area contributed by atoms with Gasteiger partial charge in [-0.2, -0.15) is 0 Å². The molecule has 0 bridgehead atoms. The van der Waals surface area contributed by atoms with Gasteiger partial charge in [0.05, 0.1) is 0 Å². The van der Waals surface area contributed by atoms with Crippen LogP contribution in [-0.2, 0) is 9.59 Å². The lowest BCUT2D eigenvalue weighted by Gasteiger charge is -2.31. The Hall–Kier alpha value is -0.860. The van der Waals surface area contributed by atoms with Gasteiger partial charge < -0.3 is 5.32 Å². The van der Waals surface area contributed by atoms with E-state index >= 15 is 0 Å². The van der Waals surface area contributed by atoms with Gasteiger partial charge in [0.15, 0.2) is 0 Å². The van der Waals surface area contributed by atoms with Crippen LogP contribution in [0.2, 0.25) is 0 Å². The van der Waals surface area contributed by atoms with Crippen LogP contribution in [0.5, 0.6) is 0 Å². The number of hydrogen-bond acceptors (Lipinski definition) is 2. The number of Topliss-reactive ketones (excluding diaryl/α,β-unsaturated/α-hetero) is 1. The van der Waals surface area contributed by atoms with Gasteiger partial charge in [-0.3, -0.25) is 9.59 Å². The monoisotopic (exact) mass is 153 g/mol. The van der Waals surface area contributed by atoms with Gasteiger partial charge in [0.2, 0.25) is 5.91 Å². The second kappa shape index (κ2) is 2.32. The van der Waals surface area contributed by atoms with E-state index in [0.29, 0.717) is 13.0 Å². The summed E-state index contributed by atoms with van der Waals surface area (Å²) in [7, 11) is 0. The van der Waals surface area contributed by atoms with Gasteiger partial charge in [-0.15, -0.1) is 0 Å². The third-order valence-corrected chi connectivity index (χ3v) is 2.70. The summed E-state index contributed by atoms with van der Waals surface area (Å²) in [5.74, 6) is 0.453. The topological polar surface area (TPSA) is 46.2 Å². The summed E-state index contributed by atoms with van der Waals surface area (Å²) in [6.45, 7) is 0.546. The predicted molar refractivity (Wildman–Crippen MR) is 38.8 cm³/mol. The van der Waals surface area contributed by atoms with Crippen molar-refractivity contribution in [3.8, 4) is 0 Å². The minimum absolute atomic E-state index is 0.0185. The molecule has 2 rings (SSSR count). The highest BCUT2D eigenvalue weighted by molar-refractivity contribution is 5.92. The third-order valence-electron chi connectivity index (χ3n) is 2.70. The van der Waals surface area contributed by atoms with Crippen LogP contribution in [0.3, 0.4) is 0 Å². The number of ketones is 1. The Morgan fingerprint density at radius 1 is 1.18 bits per heavy atom.